The minimum Gasteiger partial charge on any atom is -0.335 e. The lowest BCUT2D eigenvalue weighted by atomic mass is 10.1. The van der Waals surface area contributed by atoms with E-state index in [2.05, 4.69) is 132 Å². The average Bonchev–Trinajstić information content (AvgIpc) is 3.42. The summed E-state index contributed by atoms with van der Waals surface area (Å²) in [4.78, 5) is 0. The molecule has 2 nitrogen and oxygen atoms in total. The second kappa shape index (κ2) is 8.00. The van der Waals surface area contributed by atoms with Crippen LogP contribution in [0, 0.1) is 6.92 Å². The van der Waals surface area contributed by atoms with Crippen molar-refractivity contribution < 1.29 is 0 Å². The van der Waals surface area contributed by atoms with Gasteiger partial charge in [0.1, 0.15) is 0 Å². The molecular formula is C34H26N2. The molecule has 36 heavy (non-hydrogen) atoms. The number of hydrogen-bond acceptors (Lipinski definition) is 0. The van der Waals surface area contributed by atoms with Crippen LogP contribution in [-0.4, -0.2) is 9.13 Å². The Balaban J connectivity index is 1.63. The van der Waals surface area contributed by atoms with Gasteiger partial charge in [0.15, 0.2) is 0 Å². The molecule has 0 unspecified atom stereocenters. The van der Waals surface area contributed by atoms with E-state index in [0.29, 0.717) is 0 Å². The molecule has 172 valence electrons. The number of aryl methyl sites for hydroxylation is 1. The summed E-state index contributed by atoms with van der Waals surface area (Å²) in [5, 5.41) is 5.21. The quantitative estimate of drug-likeness (QED) is 0.247. The minimum absolute atomic E-state index is 0.810. The van der Waals surface area contributed by atoms with Crippen LogP contribution < -0.4 is 0 Å². The molecule has 0 amide bonds. The van der Waals surface area contributed by atoms with Crippen molar-refractivity contribution in [1.29, 1.82) is 0 Å². The molecule has 0 radical (unpaired) electrons. The maximum absolute atomic E-state index is 3.91. The fourth-order valence-electron chi connectivity index (χ4n) is 5.72. The molecule has 0 spiro atoms. The van der Waals surface area contributed by atoms with Crippen LogP contribution in [0.25, 0.3) is 55.4 Å². The van der Waals surface area contributed by atoms with E-state index < -0.39 is 0 Å². The third kappa shape index (κ3) is 3.04. The zero-order valence-corrected chi connectivity index (χ0v) is 20.3. The Morgan fingerprint density at radius 3 is 2.22 bits per heavy atom. The van der Waals surface area contributed by atoms with Crippen molar-refractivity contribution in [3.8, 4) is 5.69 Å². The number of aromatic nitrogens is 2. The van der Waals surface area contributed by atoms with Crippen molar-refractivity contribution in [1.82, 2.24) is 9.13 Å². The summed E-state index contributed by atoms with van der Waals surface area (Å²) < 4.78 is 4.91. The highest BCUT2D eigenvalue weighted by molar-refractivity contribution is 6.25. The highest BCUT2D eigenvalue weighted by Gasteiger charge is 2.20. The lowest BCUT2D eigenvalue weighted by Crippen LogP contribution is -2.00. The van der Waals surface area contributed by atoms with Gasteiger partial charge < -0.3 is 9.13 Å². The third-order valence-electron chi connectivity index (χ3n) is 7.38. The molecule has 0 saturated carbocycles. The largest absolute Gasteiger partial charge is 0.335 e. The van der Waals surface area contributed by atoms with Gasteiger partial charge in [-0.15, -0.1) is 0 Å². The van der Waals surface area contributed by atoms with E-state index in [1.165, 1.54) is 60.4 Å². The van der Waals surface area contributed by atoms with E-state index in [4.69, 9.17) is 0 Å². The van der Waals surface area contributed by atoms with E-state index in [-0.39, 0.29) is 0 Å². The summed E-state index contributed by atoms with van der Waals surface area (Å²) in [6, 6.07) is 39.7. The summed E-state index contributed by atoms with van der Waals surface area (Å²) in [6.45, 7) is 6.90. The summed E-state index contributed by atoms with van der Waals surface area (Å²) in [5.41, 5.74) is 9.92. The van der Waals surface area contributed by atoms with Gasteiger partial charge in [0, 0.05) is 39.3 Å². The van der Waals surface area contributed by atoms with Crippen molar-refractivity contribution in [3.63, 3.8) is 0 Å². The van der Waals surface area contributed by atoms with Crippen molar-refractivity contribution in [2.45, 2.75) is 13.5 Å². The van der Waals surface area contributed by atoms with Crippen molar-refractivity contribution in [2.24, 2.45) is 0 Å². The van der Waals surface area contributed by atoms with Crippen LogP contribution in [-0.2, 0) is 6.54 Å². The van der Waals surface area contributed by atoms with Gasteiger partial charge >= 0.3 is 0 Å². The maximum atomic E-state index is 3.91. The summed E-state index contributed by atoms with van der Waals surface area (Å²) in [6.07, 6.45) is 1.90. The van der Waals surface area contributed by atoms with Gasteiger partial charge in [-0.25, -0.2) is 0 Å². The molecule has 0 saturated heterocycles. The average molecular weight is 463 g/mol. The zero-order valence-electron chi connectivity index (χ0n) is 20.3. The third-order valence-corrected chi connectivity index (χ3v) is 7.38. The Kier molecular flexibility index (Phi) is 4.62. The number of rotatable bonds is 4. The summed E-state index contributed by atoms with van der Waals surface area (Å²) >= 11 is 0. The molecule has 2 heterocycles. The highest BCUT2D eigenvalue weighted by Crippen LogP contribution is 2.41. The van der Waals surface area contributed by atoms with E-state index in [9.17, 15) is 0 Å². The Bertz CT molecular complexity index is 1920. The Morgan fingerprint density at radius 2 is 1.42 bits per heavy atom. The topological polar surface area (TPSA) is 9.86 Å². The smallest absolute Gasteiger partial charge is 0.0596 e. The number of hydrogen-bond donors (Lipinski definition) is 0. The zero-order chi connectivity index (χ0) is 24.2. The number of nitrogens with zero attached hydrogens (tertiary/aromatic N) is 2. The fraction of sp³-hybridized carbons (Fsp3) is 0.0588. The molecule has 2 aromatic heterocycles. The van der Waals surface area contributed by atoms with E-state index in [1.807, 2.05) is 6.08 Å². The van der Waals surface area contributed by atoms with Crippen molar-refractivity contribution >= 4 is 49.7 Å². The van der Waals surface area contributed by atoms with Gasteiger partial charge in [0.2, 0.25) is 0 Å². The molecular weight excluding hydrogens is 436 g/mol. The normalized spacial score (nSPS) is 11.7. The van der Waals surface area contributed by atoms with E-state index in [1.54, 1.807) is 0 Å². The summed E-state index contributed by atoms with van der Waals surface area (Å²) in [5.74, 6) is 0. The lowest BCUT2D eigenvalue weighted by molar-refractivity contribution is 0.871. The standard InChI is InChI=1S/C34H26N2/c1-3-24-14-16-25(17-15-24)22-35-30-19-13-23(2)21-29(30)27-18-20-32-33(34(27)35)28-11-7-8-12-31(28)36(32)26-9-5-4-6-10-26/h3-21H,1,22H2,2H3. The van der Waals surface area contributed by atoms with Crippen molar-refractivity contribution in [2.75, 3.05) is 0 Å². The molecule has 0 aliphatic rings. The molecule has 0 atom stereocenters. The monoisotopic (exact) mass is 462 g/mol. The first-order chi connectivity index (χ1) is 17.7. The lowest BCUT2D eigenvalue weighted by Gasteiger charge is -2.10. The molecule has 5 aromatic carbocycles. The first-order valence-electron chi connectivity index (χ1n) is 12.4. The second-order valence-corrected chi connectivity index (χ2v) is 9.60. The van der Waals surface area contributed by atoms with Crippen LogP contribution >= 0.6 is 0 Å². The first kappa shape index (κ1) is 20.8. The molecule has 2 heteroatoms. The van der Waals surface area contributed by atoms with Gasteiger partial charge in [0.05, 0.1) is 16.6 Å². The molecule has 0 aliphatic carbocycles. The number of para-hydroxylation sites is 2. The molecule has 0 fully saturated rings. The van der Waals surface area contributed by atoms with Crippen molar-refractivity contribution in [3.05, 3.63) is 132 Å². The van der Waals surface area contributed by atoms with Crippen LogP contribution in [0.15, 0.2) is 116 Å². The fourth-order valence-corrected chi connectivity index (χ4v) is 5.72. The second-order valence-electron chi connectivity index (χ2n) is 9.60. The van der Waals surface area contributed by atoms with Crippen LogP contribution in [0.4, 0.5) is 0 Å². The minimum atomic E-state index is 0.810. The first-order valence-corrected chi connectivity index (χ1v) is 12.4. The van der Waals surface area contributed by atoms with Crippen LogP contribution in [0.3, 0.4) is 0 Å². The van der Waals surface area contributed by atoms with Crippen LogP contribution in [0.2, 0.25) is 0 Å². The van der Waals surface area contributed by atoms with Gasteiger partial charge in [-0.3, -0.25) is 0 Å². The van der Waals surface area contributed by atoms with Crippen LogP contribution in [0.5, 0.6) is 0 Å². The Morgan fingerprint density at radius 1 is 0.667 bits per heavy atom. The molecule has 0 N–H and O–H groups in total. The van der Waals surface area contributed by atoms with Gasteiger partial charge in [-0.05, 0) is 54.4 Å². The number of benzene rings is 5. The molecule has 0 bridgehead atoms. The highest BCUT2D eigenvalue weighted by atomic mass is 15.0. The van der Waals surface area contributed by atoms with Gasteiger partial charge in [-0.1, -0.05) is 91.0 Å². The maximum Gasteiger partial charge on any atom is 0.0596 e. The molecule has 7 rings (SSSR count). The van der Waals surface area contributed by atoms with Gasteiger partial charge in [0.25, 0.3) is 0 Å². The Hall–Kier alpha value is -4.56. The van der Waals surface area contributed by atoms with E-state index in [0.717, 1.165) is 12.1 Å². The predicted octanol–water partition coefficient (Wildman–Crippen LogP) is 8.89. The Labute approximate surface area is 210 Å². The van der Waals surface area contributed by atoms with Gasteiger partial charge in [-0.2, -0.15) is 0 Å². The SMILES string of the molecule is C=Cc1ccc(Cn2c3ccc(C)cc3c3ccc4c(c5ccccc5n4-c4ccccc4)c32)cc1. The van der Waals surface area contributed by atoms with Crippen LogP contribution in [0.1, 0.15) is 16.7 Å². The summed E-state index contributed by atoms with van der Waals surface area (Å²) in [7, 11) is 0. The van der Waals surface area contributed by atoms with E-state index >= 15 is 0 Å². The molecule has 0 aliphatic heterocycles. The predicted molar refractivity (Wildman–Crippen MR) is 154 cm³/mol. The number of fused-ring (bicyclic) bond motifs is 7. The molecule has 7 aromatic rings.